The third-order valence-electron chi connectivity index (χ3n) is 3.39. The summed E-state index contributed by atoms with van der Waals surface area (Å²) in [5.74, 6) is -0.391. The van der Waals surface area contributed by atoms with Crippen LogP contribution in [0.3, 0.4) is 0 Å². The highest BCUT2D eigenvalue weighted by Gasteiger charge is 2.13. The van der Waals surface area contributed by atoms with Gasteiger partial charge in [-0.25, -0.2) is 0 Å². The minimum atomic E-state index is -0.249. The fourth-order valence-corrected chi connectivity index (χ4v) is 2.09. The average molecular weight is 319 g/mol. The molecule has 0 radical (unpaired) electrons. The highest BCUT2D eigenvalue weighted by molar-refractivity contribution is 5.96. The largest absolute Gasteiger partial charge is 0.334 e. The molecule has 0 aliphatic heterocycles. The second-order valence-electron chi connectivity index (χ2n) is 5.78. The molecule has 0 heterocycles. The van der Waals surface area contributed by atoms with Gasteiger partial charge in [-0.15, -0.1) is 0 Å². The van der Waals surface area contributed by atoms with Crippen molar-refractivity contribution in [3.63, 3.8) is 0 Å². The Morgan fingerprint density at radius 1 is 1.00 bits per heavy atom. The second kappa shape index (κ2) is 9.05. The molecule has 1 aromatic rings. The molecule has 23 heavy (non-hydrogen) atoms. The average Bonchev–Trinajstić information content (AvgIpc) is 2.46. The number of nitrogens with one attached hydrogen (secondary N) is 1. The number of hydrogen-bond donors (Lipinski definition) is 1. The van der Waals surface area contributed by atoms with E-state index in [1.807, 2.05) is 19.0 Å². The van der Waals surface area contributed by atoms with Crippen LogP contribution in [0.5, 0.6) is 0 Å². The van der Waals surface area contributed by atoms with E-state index >= 15 is 0 Å². The zero-order chi connectivity index (χ0) is 17.4. The van der Waals surface area contributed by atoms with Crippen LogP contribution in [0.1, 0.15) is 30.6 Å². The number of benzene rings is 1. The van der Waals surface area contributed by atoms with Crippen LogP contribution in [0.15, 0.2) is 24.3 Å². The highest BCUT2D eigenvalue weighted by Crippen LogP contribution is 2.10. The topological polar surface area (TPSA) is 69.7 Å². The first-order valence-electron chi connectivity index (χ1n) is 7.60. The van der Waals surface area contributed by atoms with Crippen molar-refractivity contribution < 1.29 is 14.4 Å². The molecule has 0 aliphatic carbocycles. The van der Waals surface area contributed by atoms with Gasteiger partial charge in [-0.1, -0.05) is 0 Å². The summed E-state index contributed by atoms with van der Waals surface area (Å²) in [5, 5.41) is 2.74. The lowest BCUT2D eigenvalue weighted by Gasteiger charge is -2.21. The molecule has 0 saturated heterocycles. The number of hydrogen-bond acceptors (Lipinski definition) is 4. The quantitative estimate of drug-likeness (QED) is 0.739. The number of carbonyl (C=O) groups excluding carboxylic acids is 3. The normalized spacial score (nSPS) is 10.5. The van der Waals surface area contributed by atoms with Crippen LogP contribution in [0.25, 0.3) is 0 Å². The smallest absolute Gasteiger partial charge is 0.243 e. The molecule has 6 heteroatoms. The molecule has 0 unspecified atom stereocenters. The predicted molar refractivity (Wildman–Crippen MR) is 90.5 cm³/mol. The Labute approximate surface area is 137 Å². The molecule has 0 spiro atoms. The Hall–Kier alpha value is -2.21. The molecule has 1 aromatic carbocycles. The lowest BCUT2D eigenvalue weighted by Crippen LogP contribution is -2.38. The summed E-state index contributed by atoms with van der Waals surface area (Å²) in [4.78, 5) is 38.5. The SMILES string of the molecule is CC(=O)c1ccc(NC(=O)CN(CCCN(C)C)C(C)=O)cc1. The van der Waals surface area contributed by atoms with Gasteiger partial charge in [-0.05, 0) is 58.3 Å². The van der Waals surface area contributed by atoms with Crippen molar-refractivity contribution >= 4 is 23.3 Å². The number of Topliss-reactive ketones (excluding diaryl/α,β-unsaturated/α-hetero) is 1. The van der Waals surface area contributed by atoms with Crippen molar-refractivity contribution in [1.29, 1.82) is 0 Å². The number of ketones is 1. The highest BCUT2D eigenvalue weighted by atomic mass is 16.2. The standard InChI is InChI=1S/C17H25N3O3/c1-13(21)15-6-8-16(9-7-15)18-17(23)12-20(14(2)22)11-5-10-19(3)4/h6-9H,5,10-12H2,1-4H3,(H,18,23). The first kappa shape index (κ1) is 18.8. The zero-order valence-corrected chi connectivity index (χ0v) is 14.3. The molecule has 0 saturated carbocycles. The van der Waals surface area contributed by atoms with Crippen LogP contribution in [0.4, 0.5) is 5.69 Å². The van der Waals surface area contributed by atoms with E-state index in [-0.39, 0.29) is 24.1 Å². The Morgan fingerprint density at radius 3 is 2.09 bits per heavy atom. The van der Waals surface area contributed by atoms with Crippen molar-refractivity contribution in [1.82, 2.24) is 9.80 Å². The predicted octanol–water partition coefficient (Wildman–Crippen LogP) is 1.63. The van der Waals surface area contributed by atoms with E-state index in [4.69, 9.17) is 0 Å². The molecular formula is C17H25N3O3. The molecule has 0 aliphatic rings. The van der Waals surface area contributed by atoms with E-state index in [0.717, 1.165) is 13.0 Å². The van der Waals surface area contributed by atoms with Crippen molar-refractivity contribution in [3.05, 3.63) is 29.8 Å². The van der Waals surface area contributed by atoms with Gasteiger partial charge in [-0.2, -0.15) is 0 Å². The maximum Gasteiger partial charge on any atom is 0.243 e. The van der Waals surface area contributed by atoms with Crippen LogP contribution >= 0.6 is 0 Å². The Bertz CT molecular complexity index is 553. The maximum atomic E-state index is 12.1. The molecule has 1 N–H and O–H groups in total. The summed E-state index contributed by atoms with van der Waals surface area (Å²) in [7, 11) is 3.94. The second-order valence-corrected chi connectivity index (χ2v) is 5.78. The van der Waals surface area contributed by atoms with Gasteiger partial charge in [0.1, 0.15) is 0 Å². The van der Waals surface area contributed by atoms with Gasteiger partial charge in [0, 0.05) is 24.7 Å². The Morgan fingerprint density at radius 2 is 1.61 bits per heavy atom. The van der Waals surface area contributed by atoms with Gasteiger partial charge in [0.05, 0.1) is 6.54 Å². The lowest BCUT2D eigenvalue weighted by molar-refractivity contribution is -0.132. The van der Waals surface area contributed by atoms with Crippen LogP contribution in [-0.2, 0) is 9.59 Å². The molecule has 1 rings (SSSR count). The van der Waals surface area contributed by atoms with Gasteiger partial charge in [0.15, 0.2) is 5.78 Å². The number of carbonyl (C=O) groups is 3. The number of amides is 2. The summed E-state index contributed by atoms with van der Waals surface area (Å²) in [5.41, 5.74) is 1.20. The molecule has 126 valence electrons. The van der Waals surface area contributed by atoms with E-state index in [0.29, 0.717) is 17.8 Å². The maximum absolute atomic E-state index is 12.1. The van der Waals surface area contributed by atoms with Crippen LogP contribution in [0.2, 0.25) is 0 Å². The van der Waals surface area contributed by atoms with Crippen molar-refractivity contribution in [3.8, 4) is 0 Å². The molecule has 6 nitrogen and oxygen atoms in total. The molecule has 0 fully saturated rings. The number of nitrogens with zero attached hydrogens (tertiary/aromatic N) is 2. The van der Waals surface area contributed by atoms with Crippen LogP contribution in [-0.4, -0.2) is 61.1 Å². The van der Waals surface area contributed by atoms with E-state index in [1.54, 1.807) is 24.3 Å². The first-order chi connectivity index (χ1) is 10.8. The first-order valence-corrected chi connectivity index (χ1v) is 7.60. The van der Waals surface area contributed by atoms with Gasteiger partial charge in [-0.3, -0.25) is 14.4 Å². The lowest BCUT2D eigenvalue weighted by atomic mass is 10.1. The van der Waals surface area contributed by atoms with Crippen molar-refractivity contribution in [2.75, 3.05) is 39.0 Å². The van der Waals surface area contributed by atoms with Crippen LogP contribution in [0, 0.1) is 0 Å². The monoisotopic (exact) mass is 319 g/mol. The summed E-state index contributed by atoms with van der Waals surface area (Å²) >= 11 is 0. The van der Waals surface area contributed by atoms with E-state index in [1.165, 1.54) is 18.7 Å². The number of rotatable bonds is 8. The van der Waals surface area contributed by atoms with Crippen molar-refractivity contribution in [2.45, 2.75) is 20.3 Å². The molecule has 0 atom stereocenters. The molecular weight excluding hydrogens is 294 g/mol. The fraction of sp³-hybridized carbons (Fsp3) is 0.471. The molecule has 0 aromatic heterocycles. The Balaban J connectivity index is 2.54. The van der Waals surface area contributed by atoms with E-state index in [2.05, 4.69) is 5.32 Å². The summed E-state index contributed by atoms with van der Waals surface area (Å²) in [6.45, 7) is 4.38. The van der Waals surface area contributed by atoms with Crippen molar-refractivity contribution in [2.24, 2.45) is 0 Å². The summed E-state index contributed by atoms with van der Waals surface area (Å²) in [6, 6.07) is 6.69. The molecule has 2 amide bonds. The van der Waals surface area contributed by atoms with Crippen LogP contribution < -0.4 is 5.32 Å². The third-order valence-corrected chi connectivity index (χ3v) is 3.39. The minimum Gasteiger partial charge on any atom is -0.334 e. The van der Waals surface area contributed by atoms with Gasteiger partial charge in [0.25, 0.3) is 0 Å². The number of anilines is 1. The van der Waals surface area contributed by atoms with Gasteiger partial charge in [0.2, 0.25) is 11.8 Å². The fourth-order valence-electron chi connectivity index (χ4n) is 2.09. The summed E-state index contributed by atoms with van der Waals surface area (Å²) < 4.78 is 0. The van der Waals surface area contributed by atoms with Gasteiger partial charge < -0.3 is 15.1 Å². The molecule has 0 bridgehead atoms. The van der Waals surface area contributed by atoms with E-state index < -0.39 is 0 Å². The van der Waals surface area contributed by atoms with Gasteiger partial charge >= 0.3 is 0 Å². The third kappa shape index (κ3) is 7.06. The van der Waals surface area contributed by atoms with E-state index in [9.17, 15) is 14.4 Å². The zero-order valence-electron chi connectivity index (χ0n) is 14.3. The summed E-state index contributed by atoms with van der Waals surface area (Å²) in [6.07, 6.45) is 0.813. The Kier molecular flexibility index (Phi) is 7.41. The minimum absolute atomic E-state index is 0.0217.